The summed E-state index contributed by atoms with van der Waals surface area (Å²) in [7, 11) is 0. The summed E-state index contributed by atoms with van der Waals surface area (Å²) in [5.74, 6) is -0.142. The second-order valence-corrected chi connectivity index (χ2v) is 8.55. The van der Waals surface area contributed by atoms with Gasteiger partial charge in [0.05, 0.1) is 5.60 Å². The van der Waals surface area contributed by atoms with Crippen LogP contribution in [0.4, 0.5) is 4.39 Å². The molecule has 1 aromatic rings. The average Bonchev–Trinajstić information content (AvgIpc) is 2.97. The summed E-state index contributed by atoms with van der Waals surface area (Å²) in [5.41, 5.74) is 1.84. The van der Waals surface area contributed by atoms with Gasteiger partial charge in [0.1, 0.15) is 5.82 Å². The van der Waals surface area contributed by atoms with Gasteiger partial charge in [0.2, 0.25) is 0 Å². The van der Waals surface area contributed by atoms with E-state index in [1.54, 1.807) is 12.1 Å². The van der Waals surface area contributed by atoms with E-state index < -0.39 is 0 Å². The van der Waals surface area contributed by atoms with Crippen LogP contribution in [0.3, 0.4) is 0 Å². The van der Waals surface area contributed by atoms with E-state index in [0.717, 1.165) is 19.7 Å². The number of rotatable bonds is 1. The Morgan fingerprint density at radius 3 is 2.52 bits per heavy atom. The summed E-state index contributed by atoms with van der Waals surface area (Å²) in [6.45, 7) is 7.93. The number of halogens is 1. The van der Waals surface area contributed by atoms with Crippen molar-refractivity contribution >= 4 is 0 Å². The third-order valence-electron chi connectivity index (χ3n) is 6.79. The molecule has 1 aromatic carbocycles. The van der Waals surface area contributed by atoms with Gasteiger partial charge in [-0.25, -0.2) is 4.39 Å². The molecule has 3 heteroatoms. The van der Waals surface area contributed by atoms with Crippen LogP contribution in [0.25, 0.3) is 0 Å². The second kappa shape index (κ2) is 5.29. The Morgan fingerprint density at radius 1 is 1.04 bits per heavy atom. The third-order valence-corrected chi connectivity index (χ3v) is 6.79. The van der Waals surface area contributed by atoms with Crippen molar-refractivity contribution in [3.05, 3.63) is 35.6 Å². The monoisotopic (exact) mass is 317 g/mol. The predicted octanol–water partition coefficient (Wildman–Crippen LogP) is 4.28. The number of piperidine rings is 2. The van der Waals surface area contributed by atoms with E-state index in [9.17, 15) is 4.39 Å². The van der Waals surface area contributed by atoms with Crippen LogP contribution in [-0.4, -0.2) is 35.7 Å². The van der Waals surface area contributed by atoms with Crippen LogP contribution in [-0.2, 0) is 10.2 Å². The van der Waals surface area contributed by atoms with Crippen LogP contribution in [0.2, 0.25) is 0 Å². The summed E-state index contributed by atoms with van der Waals surface area (Å²) in [5, 5.41) is 0. The minimum atomic E-state index is -0.142. The van der Waals surface area contributed by atoms with Crippen molar-refractivity contribution in [3.8, 4) is 0 Å². The molecule has 3 aliphatic heterocycles. The standard InChI is InChI=1S/C20H28FNO/c1-18(16-4-6-17(21)7-5-16)9-10-19(2)14-20(8-3-13-23-20)11-12-22(19)15-18/h4-7H,3,8-15H2,1-2H3. The topological polar surface area (TPSA) is 12.5 Å². The Morgan fingerprint density at radius 2 is 1.83 bits per heavy atom. The molecule has 23 heavy (non-hydrogen) atoms. The molecule has 0 radical (unpaired) electrons. The highest BCUT2D eigenvalue weighted by atomic mass is 19.1. The minimum Gasteiger partial charge on any atom is -0.375 e. The van der Waals surface area contributed by atoms with Crippen LogP contribution in [0, 0.1) is 5.82 Å². The molecule has 0 aliphatic carbocycles. The van der Waals surface area contributed by atoms with Crippen molar-refractivity contribution in [1.82, 2.24) is 4.90 Å². The zero-order chi connectivity index (χ0) is 16.1. The van der Waals surface area contributed by atoms with Crippen LogP contribution < -0.4 is 0 Å². The van der Waals surface area contributed by atoms with Crippen LogP contribution >= 0.6 is 0 Å². The number of fused-ring (bicyclic) bond motifs is 1. The van der Waals surface area contributed by atoms with Crippen LogP contribution in [0.5, 0.6) is 0 Å². The first-order chi connectivity index (χ1) is 10.9. The fourth-order valence-corrected chi connectivity index (χ4v) is 5.24. The Labute approximate surface area is 139 Å². The fourth-order valence-electron chi connectivity index (χ4n) is 5.24. The van der Waals surface area contributed by atoms with Gasteiger partial charge in [-0.05, 0) is 63.1 Å². The molecule has 3 unspecified atom stereocenters. The Bertz CT molecular complexity index is 580. The van der Waals surface area contributed by atoms with E-state index >= 15 is 0 Å². The smallest absolute Gasteiger partial charge is 0.123 e. The van der Waals surface area contributed by atoms with Gasteiger partial charge in [-0.15, -0.1) is 0 Å². The molecule has 1 spiro atoms. The van der Waals surface area contributed by atoms with Crippen LogP contribution in [0.1, 0.15) is 57.9 Å². The third kappa shape index (κ3) is 2.62. The lowest BCUT2D eigenvalue weighted by Crippen LogP contribution is -2.63. The molecule has 3 heterocycles. The quantitative estimate of drug-likeness (QED) is 0.766. The molecular formula is C20H28FNO. The van der Waals surface area contributed by atoms with Crippen molar-refractivity contribution in [3.63, 3.8) is 0 Å². The normalized spacial score (nSPS) is 41.2. The first kappa shape index (κ1) is 15.6. The van der Waals surface area contributed by atoms with Gasteiger partial charge in [-0.2, -0.15) is 0 Å². The van der Waals surface area contributed by atoms with Gasteiger partial charge in [0, 0.05) is 30.7 Å². The SMILES string of the molecule is CC1(c2ccc(F)cc2)CCC2(C)CC3(CCCO3)CCN2C1. The highest BCUT2D eigenvalue weighted by Crippen LogP contribution is 2.49. The molecule has 0 saturated carbocycles. The molecule has 2 nitrogen and oxygen atoms in total. The number of nitrogens with zero attached hydrogens (tertiary/aromatic N) is 1. The van der Waals surface area contributed by atoms with E-state index in [2.05, 4.69) is 18.7 Å². The Balaban J connectivity index is 1.55. The van der Waals surface area contributed by atoms with Crippen LogP contribution in [0.15, 0.2) is 24.3 Å². The maximum atomic E-state index is 13.3. The van der Waals surface area contributed by atoms with Crippen molar-refractivity contribution in [2.24, 2.45) is 0 Å². The fraction of sp³-hybridized carbons (Fsp3) is 0.700. The molecule has 126 valence electrons. The van der Waals surface area contributed by atoms with Gasteiger partial charge in [-0.3, -0.25) is 4.90 Å². The van der Waals surface area contributed by atoms with Crippen molar-refractivity contribution in [2.45, 2.75) is 68.9 Å². The van der Waals surface area contributed by atoms with Gasteiger partial charge < -0.3 is 4.74 Å². The minimum absolute atomic E-state index is 0.133. The van der Waals surface area contributed by atoms with E-state index in [1.807, 2.05) is 12.1 Å². The summed E-state index contributed by atoms with van der Waals surface area (Å²) in [6, 6.07) is 7.16. The molecular weight excluding hydrogens is 289 g/mol. The molecule has 3 aliphatic rings. The van der Waals surface area contributed by atoms with Crippen molar-refractivity contribution < 1.29 is 9.13 Å². The highest BCUT2D eigenvalue weighted by Gasteiger charge is 2.52. The largest absolute Gasteiger partial charge is 0.375 e. The zero-order valence-electron chi connectivity index (χ0n) is 14.4. The number of hydrogen-bond donors (Lipinski definition) is 0. The Hall–Kier alpha value is -0.930. The lowest BCUT2D eigenvalue weighted by atomic mass is 9.65. The number of benzene rings is 1. The summed E-state index contributed by atoms with van der Waals surface area (Å²) < 4.78 is 19.4. The summed E-state index contributed by atoms with van der Waals surface area (Å²) >= 11 is 0. The summed E-state index contributed by atoms with van der Waals surface area (Å²) in [4.78, 5) is 2.69. The van der Waals surface area contributed by atoms with Gasteiger partial charge in [0.15, 0.2) is 0 Å². The maximum absolute atomic E-state index is 13.3. The molecule has 3 atom stereocenters. The van der Waals surface area contributed by atoms with Crippen molar-refractivity contribution in [2.75, 3.05) is 19.7 Å². The molecule has 0 aromatic heterocycles. The maximum Gasteiger partial charge on any atom is 0.123 e. The first-order valence-corrected chi connectivity index (χ1v) is 9.08. The van der Waals surface area contributed by atoms with E-state index in [1.165, 1.54) is 44.1 Å². The van der Waals surface area contributed by atoms with E-state index in [4.69, 9.17) is 4.74 Å². The highest BCUT2D eigenvalue weighted by molar-refractivity contribution is 5.27. The average molecular weight is 317 g/mol. The number of hydrogen-bond acceptors (Lipinski definition) is 2. The van der Waals surface area contributed by atoms with Gasteiger partial charge in [-0.1, -0.05) is 19.1 Å². The van der Waals surface area contributed by atoms with E-state index in [0.29, 0.717) is 0 Å². The van der Waals surface area contributed by atoms with Gasteiger partial charge >= 0.3 is 0 Å². The lowest BCUT2D eigenvalue weighted by molar-refractivity contribution is -0.115. The number of ether oxygens (including phenoxy) is 1. The molecule has 0 amide bonds. The molecule has 3 fully saturated rings. The predicted molar refractivity (Wildman–Crippen MR) is 90.1 cm³/mol. The molecule has 3 saturated heterocycles. The van der Waals surface area contributed by atoms with Gasteiger partial charge in [0.25, 0.3) is 0 Å². The first-order valence-electron chi connectivity index (χ1n) is 9.08. The summed E-state index contributed by atoms with van der Waals surface area (Å²) in [6.07, 6.45) is 7.18. The second-order valence-electron chi connectivity index (χ2n) is 8.55. The molecule has 0 bridgehead atoms. The lowest BCUT2D eigenvalue weighted by Gasteiger charge is -2.58. The van der Waals surface area contributed by atoms with E-state index in [-0.39, 0.29) is 22.4 Å². The zero-order valence-corrected chi connectivity index (χ0v) is 14.4. The molecule has 4 rings (SSSR count). The molecule has 0 N–H and O–H groups in total. The van der Waals surface area contributed by atoms with Crippen molar-refractivity contribution in [1.29, 1.82) is 0 Å². The Kier molecular flexibility index (Phi) is 3.58.